The molecule has 1 aromatic carbocycles. The standard InChI is InChI=1S/C13H14N2O4/c1-18-11-4-3-8(5-12(11)19-2)10-6-9(14-15-10)7-13(16)17/h3-6H,7H2,1-2H3,(H,14,15)(H,16,17). The molecule has 0 unspecified atom stereocenters. The SMILES string of the molecule is COc1ccc(-c2cc(CC(=O)O)[nH]n2)cc1OC. The Morgan fingerprint density at radius 2 is 2.00 bits per heavy atom. The first-order valence-corrected chi connectivity index (χ1v) is 5.62. The Hall–Kier alpha value is -2.50. The second-order valence-electron chi connectivity index (χ2n) is 3.92. The molecule has 19 heavy (non-hydrogen) atoms. The zero-order valence-electron chi connectivity index (χ0n) is 10.6. The summed E-state index contributed by atoms with van der Waals surface area (Å²) in [6, 6.07) is 7.11. The number of methoxy groups -OCH3 is 2. The second-order valence-corrected chi connectivity index (χ2v) is 3.92. The molecule has 2 rings (SSSR count). The Kier molecular flexibility index (Phi) is 3.70. The number of hydrogen-bond acceptors (Lipinski definition) is 4. The summed E-state index contributed by atoms with van der Waals surface area (Å²) in [7, 11) is 3.12. The number of carboxylic acids is 1. The molecule has 0 fully saturated rings. The fourth-order valence-electron chi connectivity index (χ4n) is 1.76. The zero-order valence-corrected chi connectivity index (χ0v) is 10.6. The molecule has 0 saturated heterocycles. The van der Waals surface area contributed by atoms with Crippen molar-refractivity contribution < 1.29 is 19.4 Å². The Balaban J connectivity index is 2.31. The molecule has 0 saturated carbocycles. The van der Waals surface area contributed by atoms with Gasteiger partial charge in [-0.2, -0.15) is 5.10 Å². The van der Waals surface area contributed by atoms with Crippen LogP contribution in [0.5, 0.6) is 11.5 Å². The number of carboxylic acid groups (broad SMARTS) is 1. The van der Waals surface area contributed by atoms with E-state index in [0.29, 0.717) is 22.9 Å². The number of ether oxygens (including phenoxy) is 2. The molecule has 100 valence electrons. The van der Waals surface area contributed by atoms with Crippen LogP contribution in [0.1, 0.15) is 5.69 Å². The van der Waals surface area contributed by atoms with Gasteiger partial charge in [0.2, 0.25) is 0 Å². The molecule has 2 aromatic rings. The number of aliphatic carboxylic acids is 1. The molecule has 0 amide bonds. The third-order valence-electron chi connectivity index (χ3n) is 2.65. The number of nitrogens with one attached hydrogen (secondary N) is 1. The number of hydrogen-bond donors (Lipinski definition) is 2. The number of rotatable bonds is 5. The minimum Gasteiger partial charge on any atom is -0.493 e. The maximum Gasteiger partial charge on any atom is 0.309 e. The van der Waals surface area contributed by atoms with Crippen LogP contribution in [-0.2, 0) is 11.2 Å². The van der Waals surface area contributed by atoms with Gasteiger partial charge >= 0.3 is 5.97 Å². The van der Waals surface area contributed by atoms with Crippen molar-refractivity contribution in [1.29, 1.82) is 0 Å². The van der Waals surface area contributed by atoms with Crippen molar-refractivity contribution in [2.24, 2.45) is 0 Å². The van der Waals surface area contributed by atoms with Crippen LogP contribution in [0, 0.1) is 0 Å². The van der Waals surface area contributed by atoms with Gasteiger partial charge < -0.3 is 14.6 Å². The predicted molar refractivity (Wildman–Crippen MR) is 68.5 cm³/mol. The zero-order chi connectivity index (χ0) is 13.8. The molecule has 0 atom stereocenters. The monoisotopic (exact) mass is 262 g/mol. The van der Waals surface area contributed by atoms with E-state index in [1.807, 2.05) is 6.07 Å². The fraction of sp³-hybridized carbons (Fsp3) is 0.231. The molecule has 1 aromatic heterocycles. The third-order valence-corrected chi connectivity index (χ3v) is 2.65. The molecule has 0 radical (unpaired) electrons. The number of benzene rings is 1. The maximum atomic E-state index is 10.6. The van der Waals surface area contributed by atoms with Crippen LogP contribution >= 0.6 is 0 Å². The van der Waals surface area contributed by atoms with Crippen molar-refractivity contribution in [3.63, 3.8) is 0 Å². The van der Waals surface area contributed by atoms with Crippen LogP contribution in [-0.4, -0.2) is 35.5 Å². The second kappa shape index (κ2) is 5.43. The van der Waals surface area contributed by atoms with Crippen LogP contribution in [0.3, 0.4) is 0 Å². The largest absolute Gasteiger partial charge is 0.493 e. The third kappa shape index (κ3) is 2.85. The Morgan fingerprint density at radius 3 is 2.63 bits per heavy atom. The molecule has 0 aliphatic heterocycles. The lowest BCUT2D eigenvalue weighted by Gasteiger charge is -2.08. The smallest absolute Gasteiger partial charge is 0.309 e. The normalized spacial score (nSPS) is 10.2. The van der Waals surface area contributed by atoms with Gasteiger partial charge in [-0.05, 0) is 24.3 Å². The average Bonchev–Trinajstić information content (AvgIpc) is 2.85. The highest BCUT2D eigenvalue weighted by Gasteiger charge is 2.10. The molecule has 0 spiro atoms. The van der Waals surface area contributed by atoms with Gasteiger partial charge in [-0.3, -0.25) is 9.89 Å². The quantitative estimate of drug-likeness (QED) is 0.857. The van der Waals surface area contributed by atoms with Crippen LogP contribution in [0.4, 0.5) is 0 Å². The Morgan fingerprint density at radius 1 is 1.26 bits per heavy atom. The average molecular weight is 262 g/mol. The first kappa shape index (κ1) is 12.9. The van der Waals surface area contributed by atoms with Crippen molar-refractivity contribution in [1.82, 2.24) is 10.2 Å². The van der Waals surface area contributed by atoms with E-state index in [-0.39, 0.29) is 6.42 Å². The van der Waals surface area contributed by atoms with Crippen LogP contribution in [0.25, 0.3) is 11.3 Å². The molecule has 0 aliphatic rings. The van der Waals surface area contributed by atoms with E-state index in [4.69, 9.17) is 14.6 Å². The predicted octanol–water partition coefficient (Wildman–Crippen LogP) is 1.72. The lowest BCUT2D eigenvalue weighted by Crippen LogP contribution is -1.99. The van der Waals surface area contributed by atoms with E-state index >= 15 is 0 Å². The summed E-state index contributed by atoms with van der Waals surface area (Å²) < 4.78 is 10.4. The maximum absolute atomic E-state index is 10.6. The van der Waals surface area contributed by atoms with Gasteiger partial charge in [-0.15, -0.1) is 0 Å². The van der Waals surface area contributed by atoms with Gasteiger partial charge in [-0.25, -0.2) is 0 Å². The molecule has 0 bridgehead atoms. The van der Waals surface area contributed by atoms with Gasteiger partial charge in [0.05, 0.1) is 26.3 Å². The minimum absolute atomic E-state index is 0.0830. The van der Waals surface area contributed by atoms with Gasteiger partial charge in [0.1, 0.15) is 0 Å². The van der Waals surface area contributed by atoms with E-state index in [0.717, 1.165) is 5.56 Å². The summed E-state index contributed by atoms with van der Waals surface area (Å²) in [5.74, 6) is 0.331. The van der Waals surface area contributed by atoms with Gasteiger partial charge in [0.25, 0.3) is 0 Å². The van der Waals surface area contributed by atoms with Gasteiger partial charge in [0, 0.05) is 11.3 Å². The topological polar surface area (TPSA) is 84.4 Å². The van der Waals surface area contributed by atoms with Crippen molar-refractivity contribution >= 4 is 5.97 Å². The van der Waals surface area contributed by atoms with Crippen molar-refractivity contribution in [2.45, 2.75) is 6.42 Å². The molecular formula is C13H14N2O4. The molecule has 2 N–H and O–H groups in total. The van der Waals surface area contributed by atoms with E-state index in [9.17, 15) is 4.79 Å². The van der Waals surface area contributed by atoms with Crippen LogP contribution < -0.4 is 9.47 Å². The minimum atomic E-state index is -0.900. The van der Waals surface area contributed by atoms with Crippen LogP contribution in [0.15, 0.2) is 24.3 Å². The van der Waals surface area contributed by atoms with Crippen molar-refractivity contribution in [3.8, 4) is 22.8 Å². The number of H-pyrrole nitrogens is 1. The first-order valence-electron chi connectivity index (χ1n) is 5.62. The lowest BCUT2D eigenvalue weighted by atomic mass is 10.1. The van der Waals surface area contributed by atoms with Gasteiger partial charge in [0.15, 0.2) is 11.5 Å². The first-order chi connectivity index (χ1) is 9.13. The number of nitrogens with zero attached hydrogens (tertiary/aromatic N) is 1. The van der Waals surface area contributed by atoms with Crippen molar-refractivity contribution in [3.05, 3.63) is 30.0 Å². The summed E-state index contributed by atoms with van der Waals surface area (Å²) in [6.07, 6.45) is -0.0830. The summed E-state index contributed by atoms with van der Waals surface area (Å²) in [6.45, 7) is 0. The van der Waals surface area contributed by atoms with E-state index < -0.39 is 5.97 Å². The van der Waals surface area contributed by atoms with E-state index in [1.54, 1.807) is 32.4 Å². The highest BCUT2D eigenvalue weighted by atomic mass is 16.5. The number of aromatic nitrogens is 2. The van der Waals surface area contributed by atoms with Crippen molar-refractivity contribution in [2.75, 3.05) is 14.2 Å². The number of carbonyl (C=O) groups is 1. The summed E-state index contributed by atoms with van der Waals surface area (Å²) in [4.78, 5) is 10.6. The highest BCUT2D eigenvalue weighted by molar-refractivity contribution is 5.71. The lowest BCUT2D eigenvalue weighted by molar-refractivity contribution is -0.136. The molecule has 6 heteroatoms. The summed E-state index contributed by atoms with van der Waals surface area (Å²) >= 11 is 0. The van der Waals surface area contributed by atoms with E-state index in [2.05, 4.69) is 10.2 Å². The number of aromatic amines is 1. The molecule has 0 aliphatic carbocycles. The Bertz CT molecular complexity index is 592. The molecule has 1 heterocycles. The summed E-state index contributed by atoms with van der Waals surface area (Å²) in [5, 5.41) is 15.5. The Labute approximate surface area is 110 Å². The molecular weight excluding hydrogens is 248 g/mol. The fourth-order valence-corrected chi connectivity index (χ4v) is 1.76. The molecule has 6 nitrogen and oxygen atoms in total. The summed E-state index contributed by atoms with van der Waals surface area (Å²) in [5.41, 5.74) is 2.04. The highest BCUT2D eigenvalue weighted by Crippen LogP contribution is 2.31. The van der Waals surface area contributed by atoms with Crippen LogP contribution in [0.2, 0.25) is 0 Å². The van der Waals surface area contributed by atoms with E-state index in [1.165, 1.54) is 0 Å². The van der Waals surface area contributed by atoms with Gasteiger partial charge in [-0.1, -0.05) is 0 Å².